The molecule has 0 amide bonds. The Morgan fingerprint density at radius 1 is 1.16 bits per heavy atom. The van der Waals surface area contributed by atoms with Crippen LogP contribution >= 0.6 is 0 Å². The Bertz CT molecular complexity index is 664. The number of rotatable bonds is 6. The van der Waals surface area contributed by atoms with E-state index in [1.54, 1.807) is 12.3 Å². The van der Waals surface area contributed by atoms with Gasteiger partial charge in [-0.3, -0.25) is 4.90 Å². The largest absolute Gasteiger partial charge is 0.468 e. The van der Waals surface area contributed by atoms with Crippen molar-refractivity contribution in [2.75, 3.05) is 19.6 Å². The van der Waals surface area contributed by atoms with Crippen molar-refractivity contribution in [2.45, 2.75) is 38.0 Å². The molecule has 1 fully saturated rings. The molecule has 0 spiro atoms. The molecule has 1 aliphatic heterocycles. The standard InChI is InChI=1S/C19H23F3N2O/c1-14(15-6-4-7-16(12-15)19(20,21)22)23-13-17(18-8-5-11-25-18)24-9-2-3-10-24/h4-8,11-12,14,17,23H,2-3,9-10,13H2,1H3. The molecule has 2 heterocycles. The predicted octanol–water partition coefficient (Wildman–Crippen LogP) is 4.79. The normalized spacial score (nSPS) is 18.4. The second-order valence-electron chi connectivity index (χ2n) is 6.53. The third kappa shape index (κ3) is 4.44. The number of halogens is 3. The summed E-state index contributed by atoms with van der Waals surface area (Å²) >= 11 is 0. The van der Waals surface area contributed by atoms with E-state index >= 15 is 0 Å². The number of hydrogen-bond acceptors (Lipinski definition) is 3. The van der Waals surface area contributed by atoms with Crippen LogP contribution in [0.3, 0.4) is 0 Å². The van der Waals surface area contributed by atoms with E-state index in [4.69, 9.17) is 4.42 Å². The average Bonchev–Trinajstić information content (AvgIpc) is 3.28. The zero-order valence-electron chi connectivity index (χ0n) is 14.2. The van der Waals surface area contributed by atoms with Crippen LogP contribution in [0.15, 0.2) is 47.1 Å². The Morgan fingerprint density at radius 3 is 2.56 bits per heavy atom. The van der Waals surface area contributed by atoms with Gasteiger partial charge in [0.15, 0.2) is 0 Å². The van der Waals surface area contributed by atoms with Gasteiger partial charge in [-0.25, -0.2) is 0 Å². The Kier molecular flexibility index (Phi) is 5.49. The molecular weight excluding hydrogens is 329 g/mol. The molecule has 1 aliphatic rings. The molecule has 0 bridgehead atoms. The van der Waals surface area contributed by atoms with E-state index in [0.717, 1.165) is 24.9 Å². The van der Waals surface area contributed by atoms with Crippen LogP contribution in [0.5, 0.6) is 0 Å². The van der Waals surface area contributed by atoms with E-state index < -0.39 is 11.7 Å². The highest BCUT2D eigenvalue weighted by Gasteiger charge is 2.31. The van der Waals surface area contributed by atoms with Crippen molar-refractivity contribution < 1.29 is 17.6 Å². The van der Waals surface area contributed by atoms with Crippen LogP contribution in [0.1, 0.15) is 48.7 Å². The van der Waals surface area contributed by atoms with E-state index in [0.29, 0.717) is 12.1 Å². The van der Waals surface area contributed by atoms with E-state index in [-0.39, 0.29) is 12.1 Å². The summed E-state index contributed by atoms with van der Waals surface area (Å²) in [5.41, 5.74) is 0.0234. The number of likely N-dealkylation sites (tertiary alicyclic amines) is 1. The Morgan fingerprint density at radius 2 is 1.92 bits per heavy atom. The van der Waals surface area contributed by atoms with Gasteiger partial charge in [0, 0.05) is 12.6 Å². The van der Waals surface area contributed by atoms with Crippen LogP contribution in [0, 0.1) is 0 Å². The average molecular weight is 352 g/mol. The lowest BCUT2D eigenvalue weighted by molar-refractivity contribution is -0.137. The smallest absolute Gasteiger partial charge is 0.416 e. The summed E-state index contributed by atoms with van der Waals surface area (Å²) in [5, 5.41) is 3.37. The van der Waals surface area contributed by atoms with E-state index in [2.05, 4.69) is 10.2 Å². The fourth-order valence-electron chi connectivity index (χ4n) is 3.33. The lowest BCUT2D eigenvalue weighted by Gasteiger charge is -2.27. The second kappa shape index (κ2) is 7.62. The minimum absolute atomic E-state index is 0.103. The molecule has 0 aliphatic carbocycles. The van der Waals surface area contributed by atoms with Gasteiger partial charge in [0.05, 0.1) is 17.9 Å². The van der Waals surface area contributed by atoms with Crippen LogP contribution in [0.2, 0.25) is 0 Å². The summed E-state index contributed by atoms with van der Waals surface area (Å²) in [4.78, 5) is 2.37. The van der Waals surface area contributed by atoms with Crippen LogP contribution < -0.4 is 5.32 Å². The van der Waals surface area contributed by atoms with Gasteiger partial charge in [0.25, 0.3) is 0 Å². The van der Waals surface area contributed by atoms with E-state index in [1.165, 1.54) is 25.0 Å². The molecule has 1 aromatic heterocycles. The molecule has 2 unspecified atom stereocenters. The predicted molar refractivity (Wildman–Crippen MR) is 90.1 cm³/mol. The molecule has 2 aromatic rings. The zero-order valence-corrected chi connectivity index (χ0v) is 14.2. The zero-order chi connectivity index (χ0) is 17.9. The number of furan rings is 1. The summed E-state index contributed by atoms with van der Waals surface area (Å²) in [6, 6.07) is 9.26. The number of hydrogen-bond donors (Lipinski definition) is 1. The van der Waals surface area contributed by atoms with Crippen molar-refractivity contribution >= 4 is 0 Å². The van der Waals surface area contributed by atoms with Crippen LogP contribution in [-0.2, 0) is 6.18 Å². The fraction of sp³-hybridized carbons (Fsp3) is 0.474. The van der Waals surface area contributed by atoms with Crippen molar-refractivity contribution in [3.05, 3.63) is 59.5 Å². The quantitative estimate of drug-likeness (QED) is 0.810. The van der Waals surface area contributed by atoms with Crippen molar-refractivity contribution in [1.82, 2.24) is 10.2 Å². The molecule has 1 aromatic carbocycles. The maximum atomic E-state index is 12.9. The van der Waals surface area contributed by atoms with Crippen LogP contribution in [0.25, 0.3) is 0 Å². The molecule has 0 saturated carbocycles. The minimum atomic E-state index is -4.32. The highest BCUT2D eigenvalue weighted by atomic mass is 19.4. The molecule has 136 valence electrons. The highest BCUT2D eigenvalue weighted by molar-refractivity contribution is 5.27. The maximum absolute atomic E-state index is 12.9. The molecule has 1 saturated heterocycles. The summed E-state index contributed by atoms with van der Waals surface area (Å²) < 4.78 is 44.3. The van der Waals surface area contributed by atoms with Gasteiger partial charge in [-0.15, -0.1) is 0 Å². The molecule has 0 radical (unpaired) electrons. The topological polar surface area (TPSA) is 28.4 Å². The van der Waals surface area contributed by atoms with Gasteiger partial charge >= 0.3 is 6.18 Å². The summed E-state index contributed by atoms with van der Waals surface area (Å²) in [5.74, 6) is 0.894. The lowest BCUT2D eigenvalue weighted by atomic mass is 10.0. The molecule has 2 atom stereocenters. The molecular formula is C19H23F3N2O. The highest BCUT2D eigenvalue weighted by Crippen LogP contribution is 2.31. The fourth-order valence-corrected chi connectivity index (χ4v) is 3.33. The van der Waals surface area contributed by atoms with Gasteiger partial charge in [-0.2, -0.15) is 13.2 Å². The summed E-state index contributed by atoms with van der Waals surface area (Å²) in [6.45, 7) is 4.56. The van der Waals surface area contributed by atoms with Crippen molar-refractivity contribution in [2.24, 2.45) is 0 Å². The Hall–Kier alpha value is -1.79. The van der Waals surface area contributed by atoms with Crippen molar-refractivity contribution in [1.29, 1.82) is 0 Å². The van der Waals surface area contributed by atoms with Gasteiger partial charge in [0.2, 0.25) is 0 Å². The van der Waals surface area contributed by atoms with E-state index in [9.17, 15) is 13.2 Å². The van der Waals surface area contributed by atoms with Gasteiger partial charge < -0.3 is 9.73 Å². The van der Waals surface area contributed by atoms with Crippen LogP contribution in [0.4, 0.5) is 13.2 Å². The summed E-state index contributed by atoms with van der Waals surface area (Å²) in [6.07, 6.45) is -0.322. The number of nitrogens with one attached hydrogen (secondary N) is 1. The molecule has 25 heavy (non-hydrogen) atoms. The van der Waals surface area contributed by atoms with Gasteiger partial charge in [-0.05, 0) is 62.7 Å². The first-order valence-electron chi connectivity index (χ1n) is 8.63. The number of benzene rings is 1. The SMILES string of the molecule is CC(NCC(c1ccco1)N1CCCC1)c1cccc(C(F)(F)F)c1. The molecule has 3 nitrogen and oxygen atoms in total. The number of nitrogens with zero attached hydrogens (tertiary/aromatic N) is 1. The maximum Gasteiger partial charge on any atom is 0.416 e. The molecule has 6 heteroatoms. The van der Waals surface area contributed by atoms with Gasteiger partial charge in [-0.1, -0.05) is 12.1 Å². The Balaban J connectivity index is 1.68. The number of alkyl halides is 3. The molecule has 1 N–H and O–H groups in total. The monoisotopic (exact) mass is 352 g/mol. The van der Waals surface area contributed by atoms with Crippen LogP contribution in [-0.4, -0.2) is 24.5 Å². The molecule has 3 rings (SSSR count). The van der Waals surface area contributed by atoms with Crippen molar-refractivity contribution in [3.8, 4) is 0 Å². The van der Waals surface area contributed by atoms with Crippen molar-refractivity contribution in [3.63, 3.8) is 0 Å². The first kappa shape index (κ1) is 18.0. The minimum Gasteiger partial charge on any atom is -0.468 e. The first-order valence-corrected chi connectivity index (χ1v) is 8.63. The summed E-state index contributed by atoms with van der Waals surface area (Å²) in [7, 11) is 0. The third-order valence-corrected chi connectivity index (χ3v) is 4.78. The lowest BCUT2D eigenvalue weighted by Crippen LogP contribution is -2.35. The Labute approximate surface area is 145 Å². The first-order chi connectivity index (χ1) is 11.9. The second-order valence-corrected chi connectivity index (χ2v) is 6.53. The van der Waals surface area contributed by atoms with Gasteiger partial charge in [0.1, 0.15) is 5.76 Å². The third-order valence-electron chi connectivity index (χ3n) is 4.78. The van der Waals surface area contributed by atoms with E-state index in [1.807, 2.05) is 19.1 Å².